The molecular formula is C16H22BrN3O. The molecule has 0 spiro atoms. The summed E-state index contributed by atoms with van der Waals surface area (Å²) in [6, 6.07) is 6.07. The van der Waals surface area contributed by atoms with Gasteiger partial charge in [-0.05, 0) is 44.5 Å². The van der Waals surface area contributed by atoms with E-state index in [-0.39, 0.29) is 5.54 Å². The lowest BCUT2D eigenvalue weighted by molar-refractivity contribution is 0.305. The van der Waals surface area contributed by atoms with Gasteiger partial charge in [0.05, 0.1) is 6.20 Å². The Morgan fingerprint density at radius 1 is 1.33 bits per heavy atom. The Morgan fingerprint density at radius 2 is 2.10 bits per heavy atom. The number of rotatable bonds is 5. The van der Waals surface area contributed by atoms with E-state index in [1.807, 2.05) is 31.6 Å². The number of halogens is 1. The molecule has 0 aliphatic heterocycles. The molecule has 0 bridgehead atoms. The van der Waals surface area contributed by atoms with Crippen molar-refractivity contribution in [1.82, 2.24) is 15.1 Å². The summed E-state index contributed by atoms with van der Waals surface area (Å²) >= 11 is 3.59. The third kappa shape index (κ3) is 5.17. The van der Waals surface area contributed by atoms with Gasteiger partial charge in [-0.3, -0.25) is 4.68 Å². The molecule has 4 nitrogen and oxygen atoms in total. The average molecular weight is 352 g/mol. The number of nitrogens with one attached hydrogen (secondary N) is 1. The van der Waals surface area contributed by atoms with Gasteiger partial charge in [0.15, 0.2) is 0 Å². The zero-order chi connectivity index (χ0) is 15.5. The molecule has 2 rings (SSSR count). The molecule has 1 aromatic carbocycles. The SMILES string of the molecule is Cn1cc(COc2ccc(Br)c(CNC(C)(C)C)c2)cn1. The van der Waals surface area contributed by atoms with Gasteiger partial charge in [0.1, 0.15) is 12.4 Å². The highest BCUT2D eigenvalue weighted by Crippen LogP contribution is 2.23. The summed E-state index contributed by atoms with van der Waals surface area (Å²) in [5, 5.41) is 7.62. The molecular weight excluding hydrogens is 330 g/mol. The number of ether oxygens (including phenoxy) is 1. The van der Waals surface area contributed by atoms with Gasteiger partial charge in [0, 0.05) is 35.4 Å². The molecule has 0 unspecified atom stereocenters. The Balaban J connectivity index is 2.00. The highest BCUT2D eigenvalue weighted by molar-refractivity contribution is 9.10. The fraction of sp³-hybridized carbons (Fsp3) is 0.438. The normalized spacial score (nSPS) is 11.7. The van der Waals surface area contributed by atoms with E-state index in [9.17, 15) is 0 Å². The maximum atomic E-state index is 5.83. The number of hydrogen-bond donors (Lipinski definition) is 1. The molecule has 0 aliphatic carbocycles. The van der Waals surface area contributed by atoms with E-state index < -0.39 is 0 Å². The first-order chi connectivity index (χ1) is 9.83. The van der Waals surface area contributed by atoms with Crippen molar-refractivity contribution in [3.8, 4) is 5.75 Å². The number of benzene rings is 1. The summed E-state index contributed by atoms with van der Waals surface area (Å²) < 4.78 is 8.70. The summed E-state index contributed by atoms with van der Waals surface area (Å²) in [6.45, 7) is 7.80. The van der Waals surface area contributed by atoms with Gasteiger partial charge in [0.2, 0.25) is 0 Å². The molecule has 0 fully saturated rings. The van der Waals surface area contributed by atoms with Crippen LogP contribution in [0.1, 0.15) is 31.9 Å². The third-order valence-corrected chi connectivity index (χ3v) is 3.76. The third-order valence-electron chi connectivity index (χ3n) is 2.99. The number of hydrogen-bond acceptors (Lipinski definition) is 3. The summed E-state index contributed by atoms with van der Waals surface area (Å²) in [5.74, 6) is 0.868. The summed E-state index contributed by atoms with van der Waals surface area (Å²) in [7, 11) is 1.90. The fourth-order valence-electron chi connectivity index (χ4n) is 1.85. The maximum absolute atomic E-state index is 5.83. The molecule has 0 amide bonds. The number of nitrogens with zero attached hydrogens (tertiary/aromatic N) is 2. The van der Waals surface area contributed by atoms with Crippen molar-refractivity contribution in [2.45, 2.75) is 39.5 Å². The van der Waals surface area contributed by atoms with E-state index in [1.165, 1.54) is 5.56 Å². The Hall–Kier alpha value is -1.33. The molecule has 0 saturated heterocycles. The number of aromatic nitrogens is 2. The van der Waals surface area contributed by atoms with Crippen molar-refractivity contribution in [2.24, 2.45) is 7.05 Å². The molecule has 1 aromatic heterocycles. The fourth-order valence-corrected chi connectivity index (χ4v) is 2.24. The van der Waals surface area contributed by atoms with Crippen LogP contribution in [0.3, 0.4) is 0 Å². The molecule has 0 aliphatic rings. The van der Waals surface area contributed by atoms with Crippen molar-refractivity contribution in [3.63, 3.8) is 0 Å². The van der Waals surface area contributed by atoms with Crippen molar-refractivity contribution < 1.29 is 4.74 Å². The molecule has 5 heteroatoms. The molecule has 0 atom stereocenters. The van der Waals surface area contributed by atoms with Gasteiger partial charge in [-0.1, -0.05) is 15.9 Å². The average Bonchev–Trinajstić information content (AvgIpc) is 2.81. The summed E-state index contributed by atoms with van der Waals surface area (Å²) in [4.78, 5) is 0. The van der Waals surface area contributed by atoms with Crippen LogP contribution in [0, 0.1) is 0 Å². The van der Waals surface area contributed by atoms with Gasteiger partial charge in [-0.25, -0.2) is 0 Å². The van der Waals surface area contributed by atoms with Crippen LogP contribution in [0.2, 0.25) is 0 Å². The van der Waals surface area contributed by atoms with Crippen LogP contribution in [-0.4, -0.2) is 15.3 Å². The first-order valence-corrected chi connectivity index (χ1v) is 7.76. The van der Waals surface area contributed by atoms with Gasteiger partial charge < -0.3 is 10.1 Å². The lowest BCUT2D eigenvalue weighted by Crippen LogP contribution is -2.35. The quantitative estimate of drug-likeness (QED) is 0.893. The van der Waals surface area contributed by atoms with Crippen molar-refractivity contribution in [2.75, 3.05) is 0 Å². The van der Waals surface area contributed by atoms with E-state index in [2.05, 4.69) is 53.2 Å². The second-order valence-electron chi connectivity index (χ2n) is 6.17. The predicted octanol–water partition coefficient (Wildman–Crippen LogP) is 3.65. The second kappa shape index (κ2) is 6.62. The molecule has 0 saturated carbocycles. The Kier molecular flexibility index (Phi) is 5.06. The predicted molar refractivity (Wildman–Crippen MR) is 88.3 cm³/mol. The van der Waals surface area contributed by atoms with Crippen molar-refractivity contribution in [1.29, 1.82) is 0 Å². The minimum absolute atomic E-state index is 0.0893. The summed E-state index contributed by atoms with van der Waals surface area (Å²) in [6.07, 6.45) is 3.78. The van der Waals surface area contributed by atoms with Crippen LogP contribution in [0.15, 0.2) is 35.1 Å². The lowest BCUT2D eigenvalue weighted by atomic mass is 10.1. The molecule has 21 heavy (non-hydrogen) atoms. The zero-order valence-electron chi connectivity index (χ0n) is 13.0. The summed E-state index contributed by atoms with van der Waals surface area (Å²) in [5.41, 5.74) is 2.34. The van der Waals surface area contributed by atoms with Crippen LogP contribution in [-0.2, 0) is 20.2 Å². The minimum Gasteiger partial charge on any atom is -0.489 e. The highest BCUT2D eigenvalue weighted by atomic mass is 79.9. The van der Waals surface area contributed by atoms with Crippen LogP contribution in [0.4, 0.5) is 0 Å². The van der Waals surface area contributed by atoms with Crippen LogP contribution < -0.4 is 10.1 Å². The van der Waals surface area contributed by atoms with Crippen LogP contribution in [0.5, 0.6) is 5.75 Å². The second-order valence-corrected chi connectivity index (χ2v) is 7.02. The van der Waals surface area contributed by atoms with Crippen molar-refractivity contribution >= 4 is 15.9 Å². The Labute approximate surface area is 134 Å². The molecule has 114 valence electrons. The first kappa shape index (κ1) is 16.0. The van der Waals surface area contributed by atoms with E-state index in [4.69, 9.17) is 4.74 Å². The standard InChI is InChI=1S/C16H22BrN3O/c1-16(2,3)18-9-13-7-14(5-6-15(13)17)21-11-12-8-19-20(4)10-12/h5-8,10,18H,9,11H2,1-4H3. The zero-order valence-corrected chi connectivity index (χ0v) is 14.6. The van der Waals surface area contributed by atoms with Gasteiger partial charge in [-0.2, -0.15) is 5.10 Å². The van der Waals surface area contributed by atoms with E-state index in [1.54, 1.807) is 4.68 Å². The minimum atomic E-state index is 0.0893. The smallest absolute Gasteiger partial charge is 0.120 e. The molecule has 0 radical (unpaired) electrons. The van der Waals surface area contributed by atoms with Crippen molar-refractivity contribution in [3.05, 3.63) is 46.2 Å². The van der Waals surface area contributed by atoms with E-state index in [0.717, 1.165) is 22.3 Å². The topological polar surface area (TPSA) is 39.1 Å². The highest BCUT2D eigenvalue weighted by Gasteiger charge is 2.10. The molecule has 1 heterocycles. The van der Waals surface area contributed by atoms with E-state index >= 15 is 0 Å². The monoisotopic (exact) mass is 351 g/mol. The van der Waals surface area contributed by atoms with Gasteiger partial charge >= 0.3 is 0 Å². The number of aryl methyl sites for hydroxylation is 1. The first-order valence-electron chi connectivity index (χ1n) is 6.97. The Bertz CT molecular complexity index is 602. The van der Waals surface area contributed by atoms with Gasteiger partial charge in [0.25, 0.3) is 0 Å². The van der Waals surface area contributed by atoms with Crippen LogP contribution in [0.25, 0.3) is 0 Å². The van der Waals surface area contributed by atoms with Gasteiger partial charge in [-0.15, -0.1) is 0 Å². The maximum Gasteiger partial charge on any atom is 0.120 e. The van der Waals surface area contributed by atoms with E-state index in [0.29, 0.717) is 6.61 Å². The lowest BCUT2D eigenvalue weighted by Gasteiger charge is -2.21. The Morgan fingerprint density at radius 3 is 2.71 bits per heavy atom. The van der Waals surface area contributed by atoms with Crippen LogP contribution >= 0.6 is 15.9 Å². The largest absolute Gasteiger partial charge is 0.489 e. The molecule has 1 N–H and O–H groups in total. The molecule has 2 aromatic rings.